The Morgan fingerprint density at radius 1 is 1.57 bits per heavy atom. The number of rotatable bonds is 5. The molecule has 0 amide bonds. The molecule has 110 valence electrons. The maximum absolute atomic E-state index is 11.2. The van der Waals surface area contributed by atoms with Crippen LogP contribution < -0.4 is 0 Å². The van der Waals surface area contributed by atoms with Crippen molar-refractivity contribution in [2.45, 2.75) is 16.6 Å². The van der Waals surface area contributed by atoms with Crippen LogP contribution in [0.1, 0.15) is 0 Å². The second kappa shape index (κ2) is 6.63. The summed E-state index contributed by atoms with van der Waals surface area (Å²) >= 11 is 4.43. The summed E-state index contributed by atoms with van der Waals surface area (Å²) in [6.45, 7) is -0.115. The number of ether oxygens (including phenoxy) is 1. The van der Waals surface area contributed by atoms with Crippen molar-refractivity contribution >= 4 is 39.3 Å². The van der Waals surface area contributed by atoms with Crippen LogP contribution in [0.15, 0.2) is 32.7 Å². The maximum Gasteiger partial charge on any atom is 0.327 e. The summed E-state index contributed by atoms with van der Waals surface area (Å²) in [4.78, 5) is 22.1. The summed E-state index contributed by atoms with van der Waals surface area (Å²) < 4.78 is 6.36. The first-order valence-corrected chi connectivity index (χ1v) is 7.07. The van der Waals surface area contributed by atoms with Crippen molar-refractivity contribution in [3.63, 3.8) is 0 Å². The number of non-ortho nitro benzene ring substituents is 1. The molecule has 21 heavy (non-hydrogen) atoms. The van der Waals surface area contributed by atoms with Crippen molar-refractivity contribution in [1.29, 1.82) is 0 Å². The predicted octanol–water partition coefficient (Wildman–Crippen LogP) is 1.67. The number of nitro benzene ring substituents is 1. The normalized spacial score (nSPS) is 10.4. The Morgan fingerprint density at radius 2 is 2.33 bits per heavy atom. The first kappa shape index (κ1) is 15.4. The molecule has 0 aliphatic carbocycles. The first-order valence-electron chi connectivity index (χ1n) is 5.46. The van der Waals surface area contributed by atoms with Crippen LogP contribution in [-0.2, 0) is 16.1 Å². The quantitative estimate of drug-likeness (QED) is 0.441. The van der Waals surface area contributed by atoms with Crippen molar-refractivity contribution in [2.24, 2.45) is 0 Å². The average molecular weight is 374 g/mol. The van der Waals surface area contributed by atoms with Gasteiger partial charge in [-0.05, 0) is 44.2 Å². The van der Waals surface area contributed by atoms with Crippen LogP contribution in [0.25, 0.3) is 0 Å². The summed E-state index contributed by atoms with van der Waals surface area (Å²) in [5, 5.41) is 22.0. The number of esters is 1. The molecule has 0 unspecified atom stereocenters. The predicted molar refractivity (Wildman–Crippen MR) is 74.8 cm³/mol. The Kier molecular flexibility index (Phi) is 4.85. The fourth-order valence-electron chi connectivity index (χ4n) is 1.34. The van der Waals surface area contributed by atoms with E-state index in [0.717, 1.165) is 0 Å². The van der Waals surface area contributed by atoms with Gasteiger partial charge in [0.25, 0.3) is 5.69 Å². The average Bonchev–Trinajstić information content (AvgIpc) is 2.87. The van der Waals surface area contributed by atoms with Crippen molar-refractivity contribution < 1.29 is 14.5 Å². The molecule has 0 saturated carbocycles. The zero-order valence-corrected chi connectivity index (χ0v) is 13.0. The van der Waals surface area contributed by atoms with Crippen molar-refractivity contribution in [3.05, 3.63) is 32.8 Å². The lowest BCUT2D eigenvalue weighted by molar-refractivity contribution is -0.385. The molecule has 2 aromatic rings. The molecule has 0 aliphatic rings. The van der Waals surface area contributed by atoms with E-state index < -0.39 is 10.9 Å². The number of tetrazole rings is 1. The van der Waals surface area contributed by atoms with E-state index in [4.69, 9.17) is 0 Å². The van der Waals surface area contributed by atoms with Gasteiger partial charge >= 0.3 is 5.97 Å². The molecule has 1 heterocycles. The highest BCUT2D eigenvalue weighted by atomic mass is 79.9. The second-order valence-corrected chi connectivity index (χ2v) is 5.53. The van der Waals surface area contributed by atoms with Gasteiger partial charge in [-0.1, -0.05) is 0 Å². The number of carbonyl (C=O) groups excluding carboxylic acids is 1. The SMILES string of the molecule is COC(=O)Cn1nnnc1Sc1ccc([N+](=O)[O-])cc1Br. The Labute approximate surface area is 130 Å². The van der Waals surface area contributed by atoms with E-state index >= 15 is 0 Å². The molecule has 0 spiro atoms. The summed E-state index contributed by atoms with van der Waals surface area (Å²) in [6.07, 6.45) is 0. The smallest absolute Gasteiger partial charge is 0.327 e. The van der Waals surface area contributed by atoms with Crippen molar-refractivity contribution in [2.75, 3.05) is 7.11 Å². The van der Waals surface area contributed by atoms with Gasteiger partial charge in [0.1, 0.15) is 6.54 Å². The van der Waals surface area contributed by atoms with Gasteiger partial charge in [0.15, 0.2) is 0 Å². The summed E-state index contributed by atoms with van der Waals surface area (Å²) in [7, 11) is 1.27. The van der Waals surface area contributed by atoms with Crippen LogP contribution in [0.5, 0.6) is 0 Å². The largest absolute Gasteiger partial charge is 0.468 e. The number of hydrogen-bond donors (Lipinski definition) is 0. The molecular formula is C10H8BrN5O4S. The zero-order valence-electron chi connectivity index (χ0n) is 10.6. The molecule has 0 radical (unpaired) electrons. The Balaban J connectivity index is 2.21. The Hall–Kier alpha value is -2.01. The van der Waals surface area contributed by atoms with Gasteiger partial charge in [-0.15, -0.1) is 5.10 Å². The van der Waals surface area contributed by atoms with E-state index in [2.05, 4.69) is 36.2 Å². The number of benzene rings is 1. The van der Waals surface area contributed by atoms with E-state index in [1.807, 2.05) is 0 Å². The van der Waals surface area contributed by atoms with E-state index in [-0.39, 0.29) is 12.2 Å². The van der Waals surface area contributed by atoms with Gasteiger partial charge in [0, 0.05) is 21.5 Å². The third-order valence-corrected chi connectivity index (χ3v) is 4.30. The fourth-order valence-corrected chi connectivity index (χ4v) is 2.72. The van der Waals surface area contributed by atoms with Crippen molar-refractivity contribution in [3.8, 4) is 0 Å². The van der Waals surface area contributed by atoms with Crippen LogP contribution in [0, 0.1) is 10.1 Å². The van der Waals surface area contributed by atoms with Crippen molar-refractivity contribution in [1.82, 2.24) is 20.2 Å². The minimum Gasteiger partial charge on any atom is -0.468 e. The fraction of sp³-hybridized carbons (Fsp3) is 0.200. The molecule has 9 nitrogen and oxygen atoms in total. The molecule has 0 aliphatic heterocycles. The lowest BCUT2D eigenvalue weighted by Gasteiger charge is -2.04. The molecule has 0 saturated heterocycles. The van der Waals surface area contributed by atoms with Gasteiger partial charge in [-0.3, -0.25) is 14.9 Å². The number of nitro groups is 1. The topological polar surface area (TPSA) is 113 Å². The minimum atomic E-state index is -0.486. The van der Waals surface area contributed by atoms with E-state index in [9.17, 15) is 14.9 Å². The Morgan fingerprint density at radius 3 is 2.95 bits per heavy atom. The number of carbonyl (C=O) groups is 1. The van der Waals surface area contributed by atoms with Gasteiger partial charge < -0.3 is 4.74 Å². The lowest BCUT2D eigenvalue weighted by Crippen LogP contribution is -2.13. The summed E-state index contributed by atoms with van der Waals surface area (Å²) in [5.41, 5.74) is -0.0274. The molecular weight excluding hydrogens is 366 g/mol. The Bertz CT molecular complexity index is 692. The number of halogens is 1. The van der Waals surface area contributed by atoms with Crippen LogP contribution >= 0.6 is 27.7 Å². The maximum atomic E-state index is 11.2. The van der Waals surface area contributed by atoms with Crippen LogP contribution in [0.2, 0.25) is 0 Å². The van der Waals surface area contributed by atoms with Gasteiger partial charge in [0.2, 0.25) is 5.16 Å². The molecule has 1 aromatic heterocycles. The van der Waals surface area contributed by atoms with E-state index in [0.29, 0.717) is 14.5 Å². The second-order valence-electron chi connectivity index (χ2n) is 3.67. The molecule has 0 atom stereocenters. The molecule has 0 N–H and O–H groups in total. The highest BCUT2D eigenvalue weighted by Gasteiger charge is 2.15. The van der Waals surface area contributed by atoms with Crippen LogP contribution in [-0.4, -0.2) is 38.2 Å². The first-order chi connectivity index (χ1) is 10.0. The third-order valence-electron chi connectivity index (χ3n) is 2.33. The highest BCUT2D eigenvalue weighted by molar-refractivity contribution is 9.10. The lowest BCUT2D eigenvalue weighted by atomic mass is 10.3. The summed E-state index contributed by atoms with van der Waals surface area (Å²) in [6, 6.07) is 4.34. The molecule has 2 rings (SSSR count). The minimum absolute atomic E-state index is 0.0274. The van der Waals surface area contributed by atoms with Gasteiger partial charge in [-0.2, -0.15) is 0 Å². The number of methoxy groups -OCH3 is 1. The third kappa shape index (κ3) is 3.76. The van der Waals surface area contributed by atoms with Crippen LogP contribution in [0.4, 0.5) is 5.69 Å². The highest BCUT2D eigenvalue weighted by Crippen LogP contribution is 2.34. The van der Waals surface area contributed by atoms with Gasteiger partial charge in [-0.25, -0.2) is 4.68 Å². The summed E-state index contributed by atoms with van der Waals surface area (Å²) in [5.74, 6) is -0.480. The molecule has 0 fully saturated rings. The number of aromatic nitrogens is 4. The standard InChI is InChI=1S/C10H8BrN5O4S/c1-20-9(17)5-15-10(12-13-14-15)21-8-3-2-6(16(18)19)4-7(8)11/h2-4H,5H2,1H3. The number of nitrogens with zero attached hydrogens (tertiary/aromatic N) is 5. The van der Waals surface area contributed by atoms with Gasteiger partial charge in [0.05, 0.1) is 12.0 Å². The van der Waals surface area contributed by atoms with E-state index in [1.54, 1.807) is 6.07 Å². The monoisotopic (exact) mass is 373 g/mol. The number of hydrogen-bond acceptors (Lipinski definition) is 8. The van der Waals surface area contributed by atoms with E-state index in [1.165, 1.54) is 35.7 Å². The zero-order chi connectivity index (χ0) is 15.4. The molecule has 11 heteroatoms. The molecule has 1 aromatic carbocycles. The van der Waals surface area contributed by atoms with Crippen LogP contribution in [0.3, 0.4) is 0 Å². The molecule has 0 bridgehead atoms.